The molecule has 244 valence electrons. The van der Waals surface area contributed by atoms with Crippen LogP contribution < -0.4 is 16.0 Å². The highest BCUT2D eigenvalue weighted by Gasteiger charge is 2.32. The van der Waals surface area contributed by atoms with E-state index in [1.807, 2.05) is 97.1 Å². The predicted molar refractivity (Wildman–Crippen MR) is 183 cm³/mol. The van der Waals surface area contributed by atoms with Crippen LogP contribution in [0.25, 0.3) is 0 Å². The van der Waals surface area contributed by atoms with E-state index in [0.717, 1.165) is 32.8 Å². The van der Waals surface area contributed by atoms with E-state index in [1.165, 1.54) is 13.8 Å². The molecule has 0 aliphatic carbocycles. The van der Waals surface area contributed by atoms with Gasteiger partial charge in [0.2, 0.25) is 5.91 Å². The van der Waals surface area contributed by atoms with Crippen molar-refractivity contribution in [3.05, 3.63) is 125 Å². The maximum atomic E-state index is 13.0. The molecule has 1 heterocycles. The summed E-state index contributed by atoms with van der Waals surface area (Å²) in [6.07, 6.45) is -0.103. The molecule has 47 heavy (non-hydrogen) atoms. The molecule has 3 amide bonds. The van der Waals surface area contributed by atoms with Crippen LogP contribution in [0.2, 0.25) is 0 Å². The van der Waals surface area contributed by atoms with E-state index in [-0.39, 0.29) is 30.5 Å². The Hall–Kier alpha value is -4.48. The number of anilines is 2. The lowest BCUT2D eigenvalue weighted by molar-refractivity contribution is -0.245. The molecular weight excluding hydrogens is 614 g/mol. The molecule has 1 aliphatic heterocycles. The standard InChI is InChI=1S/C37H39N3O6S/c1-24(42)34(19-26-7-4-3-5-8-26)40-37(44)39-31-10-6-9-29(20-31)36-45-32(21-35(46-36)28-13-11-27(22-41)12-14-28)23-47-33-17-15-30(16-18-33)38-25(2)43/h3-18,20,32,34-36,41H,19,21-23H2,1-2H3,(H,38,43)(H2,39,40,44)/t32-,34+,35+,36?/m0/s1. The topological polar surface area (TPSA) is 126 Å². The molecule has 1 fully saturated rings. The molecule has 0 aromatic heterocycles. The van der Waals surface area contributed by atoms with E-state index in [0.29, 0.717) is 24.3 Å². The van der Waals surface area contributed by atoms with Crippen molar-refractivity contribution in [1.82, 2.24) is 5.32 Å². The number of nitrogens with one attached hydrogen (secondary N) is 3. The number of carbonyl (C=O) groups is 3. The molecule has 0 saturated carbocycles. The number of hydrogen-bond acceptors (Lipinski definition) is 7. The number of aliphatic hydroxyl groups excluding tert-OH is 1. The van der Waals surface area contributed by atoms with Gasteiger partial charge in [0.05, 0.1) is 24.9 Å². The fourth-order valence-electron chi connectivity index (χ4n) is 5.28. The van der Waals surface area contributed by atoms with Crippen molar-refractivity contribution in [2.24, 2.45) is 0 Å². The Morgan fingerprint density at radius 3 is 2.23 bits per heavy atom. The van der Waals surface area contributed by atoms with Crippen molar-refractivity contribution in [1.29, 1.82) is 0 Å². The lowest BCUT2D eigenvalue weighted by atomic mass is 10.0. The third-order valence-corrected chi connectivity index (χ3v) is 8.86. The first-order valence-electron chi connectivity index (χ1n) is 15.5. The quantitative estimate of drug-likeness (QED) is 0.124. The smallest absolute Gasteiger partial charge is 0.319 e. The van der Waals surface area contributed by atoms with Crippen LogP contribution in [0.3, 0.4) is 0 Å². The van der Waals surface area contributed by atoms with E-state index >= 15 is 0 Å². The molecule has 4 atom stereocenters. The Kier molecular flexibility index (Phi) is 11.8. The van der Waals surface area contributed by atoms with Gasteiger partial charge in [-0.2, -0.15) is 0 Å². The van der Waals surface area contributed by atoms with Crippen LogP contribution in [-0.4, -0.2) is 40.7 Å². The maximum absolute atomic E-state index is 13.0. The second-order valence-electron chi connectivity index (χ2n) is 11.4. The van der Waals surface area contributed by atoms with Gasteiger partial charge in [0, 0.05) is 40.9 Å². The second-order valence-corrected chi connectivity index (χ2v) is 12.5. The normalized spacial score (nSPS) is 18.1. The molecule has 4 aromatic rings. The van der Waals surface area contributed by atoms with Crippen molar-refractivity contribution in [2.75, 3.05) is 16.4 Å². The molecule has 1 unspecified atom stereocenters. The fraction of sp³-hybridized carbons (Fsp3) is 0.270. The van der Waals surface area contributed by atoms with E-state index in [9.17, 15) is 19.5 Å². The minimum Gasteiger partial charge on any atom is -0.392 e. The van der Waals surface area contributed by atoms with Gasteiger partial charge in [-0.3, -0.25) is 9.59 Å². The fourth-order valence-corrected chi connectivity index (χ4v) is 6.21. The number of Topliss-reactive ketones (excluding diaryl/α,β-unsaturated/α-hetero) is 1. The van der Waals surface area contributed by atoms with Crippen molar-refractivity contribution in [3.63, 3.8) is 0 Å². The molecule has 4 aromatic carbocycles. The molecule has 5 rings (SSSR count). The molecule has 1 saturated heterocycles. The number of thioether (sulfide) groups is 1. The summed E-state index contributed by atoms with van der Waals surface area (Å²) in [6, 6.07) is 31.1. The largest absolute Gasteiger partial charge is 0.392 e. The highest BCUT2D eigenvalue weighted by Crippen LogP contribution is 2.40. The maximum Gasteiger partial charge on any atom is 0.319 e. The summed E-state index contributed by atoms with van der Waals surface area (Å²) in [7, 11) is 0. The first kappa shape index (κ1) is 33.9. The summed E-state index contributed by atoms with van der Waals surface area (Å²) in [5, 5.41) is 18.0. The van der Waals surface area contributed by atoms with E-state index in [2.05, 4.69) is 16.0 Å². The van der Waals surface area contributed by atoms with Gasteiger partial charge in [-0.25, -0.2) is 4.79 Å². The first-order valence-corrected chi connectivity index (χ1v) is 16.5. The van der Waals surface area contributed by atoms with Crippen LogP contribution in [-0.2, 0) is 32.1 Å². The zero-order valence-corrected chi connectivity index (χ0v) is 27.2. The number of hydrogen-bond donors (Lipinski definition) is 4. The molecule has 1 aliphatic rings. The van der Waals surface area contributed by atoms with E-state index in [4.69, 9.17) is 9.47 Å². The zero-order valence-electron chi connectivity index (χ0n) is 26.3. The number of ether oxygens (including phenoxy) is 2. The van der Waals surface area contributed by atoms with Gasteiger partial charge in [0.25, 0.3) is 0 Å². The van der Waals surface area contributed by atoms with E-state index < -0.39 is 18.4 Å². The molecule has 10 heteroatoms. The summed E-state index contributed by atoms with van der Waals surface area (Å²) in [5.41, 5.74) is 4.77. The van der Waals surface area contributed by atoms with E-state index in [1.54, 1.807) is 17.8 Å². The third kappa shape index (κ3) is 10.0. The second kappa shape index (κ2) is 16.4. The minimum atomic E-state index is -0.702. The monoisotopic (exact) mass is 653 g/mol. The number of aliphatic hydroxyl groups is 1. The lowest BCUT2D eigenvalue weighted by Crippen LogP contribution is -2.43. The van der Waals surface area contributed by atoms with Gasteiger partial charge in [0.15, 0.2) is 12.1 Å². The number of benzene rings is 4. The average molecular weight is 654 g/mol. The summed E-state index contributed by atoms with van der Waals surface area (Å²) >= 11 is 1.66. The Bertz CT molecular complexity index is 1650. The van der Waals surface area contributed by atoms with Gasteiger partial charge in [-0.15, -0.1) is 11.8 Å². The number of ketones is 1. The van der Waals surface area contributed by atoms with Crippen LogP contribution in [0.5, 0.6) is 0 Å². The zero-order chi connectivity index (χ0) is 33.2. The Balaban J connectivity index is 1.28. The summed E-state index contributed by atoms with van der Waals surface area (Å²) in [6.45, 7) is 2.91. The van der Waals surface area contributed by atoms with Crippen molar-refractivity contribution < 1.29 is 29.0 Å². The van der Waals surface area contributed by atoms with Crippen LogP contribution in [0.1, 0.15) is 54.9 Å². The number of carbonyl (C=O) groups excluding carboxylic acids is 3. The summed E-state index contributed by atoms with van der Waals surface area (Å²) in [5.74, 6) is 0.416. The Morgan fingerprint density at radius 1 is 0.809 bits per heavy atom. The van der Waals surface area contributed by atoms with Crippen molar-refractivity contribution >= 4 is 40.9 Å². The number of rotatable bonds is 12. The summed E-state index contributed by atoms with van der Waals surface area (Å²) in [4.78, 5) is 37.7. The highest BCUT2D eigenvalue weighted by molar-refractivity contribution is 7.99. The van der Waals surface area contributed by atoms with Crippen molar-refractivity contribution in [3.8, 4) is 0 Å². The van der Waals surface area contributed by atoms with Crippen LogP contribution in [0.15, 0.2) is 108 Å². The van der Waals surface area contributed by atoms with Gasteiger partial charge in [-0.05, 0) is 66.4 Å². The average Bonchev–Trinajstić information content (AvgIpc) is 3.08. The SMILES string of the molecule is CC(=O)Nc1ccc(SC[C@@H]2C[C@H](c3ccc(CO)cc3)OC(c3cccc(NC(=O)N[C@H](Cc4ccccc4)C(C)=O)c3)O2)cc1. The van der Waals surface area contributed by atoms with Gasteiger partial charge in [-0.1, -0.05) is 66.7 Å². The minimum absolute atomic E-state index is 0.0374. The van der Waals surface area contributed by atoms with Gasteiger partial charge < -0.3 is 30.5 Å². The molecule has 0 bridgehead atoms. The molecule has 4 N–H and O–H groups in total. The Morgan fingerprint density at radius 2 is 1.55 bits per heavy atom. The van der Waals surface area contributed by atoms with Crippen LogP contribution in [0.4, 0.5) is 16.2 Å². The van der Waals surface area contributed by atoms with Crippen LogP contribution >= 0.6 is 11.8 Å². The Labute approximate surface area is 279 Å². The van der Waals surface area contributed by atoms with Crippen LogP contribution in [0, 0.1) is 0 Å². The molecule has 9 nitrogen and oxygen atoms in total. The molecule has 0 radical (unpaired) electrons. The summed E-state index contributed by atoms with van der Waals surface area (Å²) < 4.78 is 13.0. The number of amides is 3. The van der Waals surface area contributed by atoms with Gasteiger partial charge >= 0.3 is 6.03 Å². The lowest BCUT2D eigenvalue weighted by Gasteiger charge is -2.36. The van der Waals surface area contributed by atoms with Gasteiger partial charge in [0.1, 0.15) is 0 Å². The van der Waals surface area contributed by atoms with Crippen molar-refractivity contribution in [2.45, 2.75) is 62.7 Å². The number of urea groups is 1. The highest BCUT2D eigenvalue weighted by atomic mass is 32.2. The third-order valence-electron chi connectivity index (χ3n) is 7.72. The molecular formula is C37H39N3O6S. The molecule has 0 spiro atoms. The predicted octanol–water partition coefficient (Wildman–Crippen LogP) is 6.80. The first-order chi connectivity index (χ1) is 22.7.